The highest BCUT2D eigenvalue weighted by Crippen LogP contribution is 2.40. The molecule has 2 aromatic rings. The van der Waals surface area contributed by atoms with E-state index >= 15 is 0 Å². The van der Waals surface area contributed by atoms with Crippen LogP contribution >= 0.6 is 0 Å². The average molecular weight is 353 g/mol. The molecule has 0 amide bonds. The van der Waals surface area contributed by atoms with Gasteiger partial charge in [0.2, 0.25) is 0 Å². The van der Waals surface area contributed by atoms with Gasteiger partial charge in [-0.15, -0.1) is 0 Å². The first-order valence-corrected chi connectivity index (χ1v) is 9.03. The molecule has 1 aliphatic carbocycles. The van der Waals surface area contributed by atoms with Crippen molar-refractivity contribution in [2.45, 2.75) is 31.4 Å². The normalized spacial score (nSPS) is 20.2. The molecule has 3 unspecified atom stereocenters. The largest absolute Gasteiger partial charge is 0.493 e. The van der Waals surface area contributed by atoms with Gasteiger partial charge in [-0.1, -0.05) is 42.5 Å². The Morgan fingerprint density at radius 3 is 2.50 bits per heavy atom. The van der Waals surface area contributed by atoms with Crippen LogP contribution in [0.1, 0.15) is 24.8 Å². The van der Waals surface area contributed by atoms with Gasteiger partial charge in [-0.2, -0.15) is 0 Å². The van der Waals surface area contributed by atoms with Crippen molar-refractivity contribution in [1.82, 2.24) is 10.6 Å². The van der Waals surface area contributed by atoms with E-state index in [9.17, 15) is 0 Å². The van der Waals surface area contributed by atoms with E-state index in [4.69, 9.17) is 9.47 Å². The molecule has 0 aliphatic heterocycles. The van der Waals surface area contributed by atoms with E-state index in [1.54, 1.807) is 14.2 Å². The summed E-state index contributed by atoms with van der Waals surface area (Å²) in [6.45, 7) is 2.68. The van der Waals surface area contributed by atoms with Crippen LogP contribution in [0.4, 0.5) is 0 Å². The molecule has 5 nitrogen and oxygen atoms in total. The van der Waals surface area contributed by atoms with Gasteiger partial charge in [-0.3, -0.25) is 4.99 Å². The van der Waals surface area contributed by atoms with E-state index in [0.29, 0.717) is 18.5 Å². The third-order valence-corrected chi connectivity index (χ3v) is 4.52. The summed E-state index contributed by atoms with van der Waals surface area (Å²) >= 11 is 0. The van der Waals surface area contributed by atoms with Crippen molar-refractivity contribution < 1.29 is 9.47 Å². The van der Waals surface area contributed by atoms with E-state index in [2.05, 4.69) is 46.0 Å². The summed E-state index contributed by atoms with van der Waals surface area (Å²) in [5.41, 5.74) is 1.38. The molecule has 3 atom stereocenters. The van der Waals surface area contributed by atoms with Gasteiger partial charge in [-0.05, 0) is 31.0 Å². The Morgan fingerprint density at radius 1 is 1.12 bits per heavy atom. The third kappa shape index (κ3) is 4.69. The van der Waals surface area contributed by atoms with E-state index < -0.39 is 0 Å². The van der Waals surface area contributed by atoms with Crippen molar-refractivity contribution in [3.8, 4) is 11.5 Å². The topological polar surface area (TPSA) is 54.9 Å². The van der Waals surface area contributed by atoms with Crippen LogP contribution < -0.4 is 20.1 Å². The van der Waals surface area contributed by atoms with Crippen LogP contribution in [0.25, 0.3) is 0 Å². The second-order valence-electron chi connectivity index (χ2n) is 6.54. The van der Waals surface area contributed by atoms with Crippen molar-refractivity contribution in [1.29, 1.82) is 0 Å². The standard InChI is InChI=1S/C21H27N3O2/c1-15(26-20-12-8-7-11-19(20)25-3)14-23-21(22-2)24-18-13-17(18)16-9-5-4-6-10-16/h4-12,15,17-18H,13-14H2,1-3H3,(H2,22,23,24). The fourth-order valence-corrected chi connectivity index (χ4v) is 3.01. The van der Waals surface area contributed by atoms with Gasteiger partial charge in [0.15, 0.2) is 17.5 Å². The zero-order valence-corrected chi connectivity index (χ0v) is 15.6. The Hall–Kier alpha value is -2.69. The minimum Gasteiger partial charge on any atom is -0.493 e. The summed E-state index contributed by atoms with van der Waals surface area (Å²) in [6, 6.07) is 18.7. The Labute approximate surface area is 155 Å². The highest BCUT2D eigenvalue weighted by molar-refractivity contribution is 5.80. The first-order chi connectivity index (χ1) is 12.7. The van der Waals surface area contributed by atoms with Crippen LogP contribution in [0.15, 0.2) is 59.6 Å². The molecule has 0 radical (unpaired) electrons. The summed E-state index contributed by atoms with van der Waals surface area (Å²) in [5.74, 6) is 2.87. The molecule has 1 saturated carbocycles. The van der Waals surface area contributed by atoms with Crippen molar-refractivity contribution in [2.75, 3.05) is 20.7 Å². The molecule has 0 bridgehead atoms. The highest BCUT2D eigenvalue weighted by Gasteiger charge is 2.38. The predicted octanol–water partition coefficient (Wildman–Crippen LogP) is 3.18. The van der Waals surface area contributed by atoms with Crippen LogP contribution in [0.5, 0.6) is 11.5 Å². The number of aliphatic imine (C=N–C) groups is 1. The Balaban J connectivity index is 1.46. The summed E-state index contributed by atoms with van der Waals surface area (Å²) in [4.78, 5) is 4.32. The molecular weight excluding hydrogens is 326 g/mol. The SMILES string of the molecule is CN=C(NCC(C)Oc1ccccc1OC)NC1CC1c1ccccc1. The van der Waals surface area contributed by atoms with E-state index in [1.807, 2.05) is 31.2 Å². The Kier molecular flexibility index (Phi) is 6.00. The first-order valence-electron chi connectivity index (χ1n) is 9.03. The molecular formula is C21H27N3O2. The maximum atomic E-state index is 5.97. The summed E-state index contributed by atoms with van der Waals surface area (Å²) in [5, 5.41) is 6.83. The number of guanidine groups is 1. The molecule has 138 valence electrons. The van der Waals surface area contributed by atoms with Gasteiger partial charge in [0.25, 0.3) is 0 Å². The molecule has 2 aromatic carbocycles. The number of para-hydroxylation sites is 2. The number of rotatable bonds is 7. The summed E-state index contributed by atoms with van der Waals surface area (Å²) < 4.78 is 11.3. The van der Waals surface area contributed by atoms with E-state index in [1.165, 1.54) is 5.56 Å². The molecule has 2 N–H and O–H groups in total. The summed E-state index contributed by atoms with van der Waals surface area (Å²) in [6.07, 6.45) is 1.12. The zero-order chi connectivity index (χ0) is 18.4. The average Bonchev–Trinajstić information content (AvgIpc) is 3.45. The molecule has 26 heavy (non-hydrogen) atoms. The number of hydrogen-bond donors (Lipinski definition) is 2. The van der Waals surface area contributed by atoms with Gasteiger partial charge in [-0.25, -0.2) is 0 Å². The fraction of sp³-hybridized carbons (Fsp3) is 0.381. The van der Waals surface area contributed by atoms with Gasteiger partial charge >= 0.3 is 0 Å². The van der Waals surface area contributed by atoms with Crippen LogP contribution in [-0.4, -0.2) is 38.8 Å². The molecule has 5 heteroatoms. The minimum absolute atomic E-state index is 0.0195. The molecule has 3 rings (SSSR count). The number of ether oxygens (including phenoxy) is 2. The lowest BCUT2D eigenvalue weighted by Crippen LogP contribution is -2.43. The first kappa shape index (κ1) is 18.1. The lowest BCUT2D eigenvalue weighted by atomic mass is 10.1. The van der Waals surface area contributed by atoms with Gasteiger partial charge < -0.3 is 20.1 Å². The van der Waals surface area contributed by atoms with Crippen molar-refractivity contribution in [2.24, 2.45) is 4.99 Å². The molecule has 1 aliphatic rings. The Bertz CT molecular complexity index is 733. The number of benzene rings is 2. The zero-order valence-electron chi connectivity index (χ0n) is 15.6. The second-order valence-corrected chi connectivity index (χ2v) is 6.54. The van der Waals surface area contributed by atoms with E-state index in [-0.39, 0.29) is 6.10 Å². The van der Waals surface area contributed by atoms with E-state index in [0.717, 1.165) is 23.9 Å². The van der Waals surface area contributed by atoms with Crippen molar-refractivity contribution >= 4 is 5.96 Å². The summed E-state index contributed by atoms with van der Waals surface area (Å²) in [7, 11) is 3.44. The fourth-order valence-electron chi connectivity index (χ4n) is 3.01. The molecule has 1 fully saturated rings. The maximum Gasteiger partial charge on any atom is 0.191 e. The quantitative estimate of drug-likeness (QED) is 0.593. The monoisotopic (exact) mass is 353 g/mol. The molecule has 0 heterocycles. The lowest BCUT2D eigenvalue weighted by molar-refractivity contribution is 0.213. The van der Waals surface area contributed by atoms with Crippen LogP contribution in [0.2, 0.25) is 0 Å². The number of nitrogens with zero attached hydrogens (tertiary/aromatic N) is 1. The second kappa shape index (κ2) is 8.61. The maximum absolute atomic E-state index is 5.97. The van der Waals surface area contributed by atoms with Crippen molar-refractivity contribution in [3.05, 3.63) is 60.2 Å². The third-order valence-electron chi connectivity index (χ3n) is 4.52. The van der Waals surface area contributed by atoms with Gasteiger partial charge in [0.05, 0.1) is 13.7 Å². The Morgan fingerprint density at radius 2 is 1.81 bits per heavy atom. The van der Waals surface area contributed by atoms with Gasteiger partial charge in [0.1, 0.15) is 6.10 Å². The number of methoxy groups -OCH3 is 1. The lowest BCUT2D eigenvalue weighted by Gasteiger charge is -2.19. The molecule has 0 saturated heterocycles. The molecule has 0 aromatic heterocycles. The van der Waals surface area contributed by atoms with Crippen molar-refractivity contribution in [3.63, 3.8) is 0 Å². The number of hydrogen-bond acceptors (Lipinski definition) is 3. The molecule has 0 spiro atoms. The number of nitrogens with one attached hydrogen (secondary N) is 2. The highest BCUT2D eigenvalue weighted by atomic mass is 16.5. The van der Waals surface area contributed by atoms with Crippen LogP contribution in [-0.2, 0) is 0 Å². The van der Waals surface area contributed by atoms with Crippen LogP contribution in [0.3, 0.4) is 0 Å². The smallest absolute Gasteiger partial charge is 0.191 e. The van der Waals surface area contributed by atoms with Gasteiger partial charge in [0, 0.05) is 19.0 Å². The van der Waals surface area contributed by atoms with Crippen LogP contribution in [0, 0.1) is 0 Å². The predicted molar refractivity (Wildman–Crippen MR) is 105 cm³/mol. The minimum atomic E-state index is -0.0195.